The first-order valence-electron chi connectivity index (χ1n) is 6.23. The molecule has 20 heavy (non-hydrogen) atoms. The number of anilines is 2. The van der Waals surface area contributed by atoms with Gasteiger partial charge in [-0.15, -0.1) is 0 Å². The van der Waals surface area contributed by atoms with E-state index in [1.54, 1.807) is 18.3 Å². The van der Waals surface area contributed by atoms with Gasteiger partial charge in [0.2, 0.25) is 0 Å². The zero-order valence-corrected chi connectivity index (χ0v) is 12.0. The molecule has 2 heterocycles. The molecule has 3 aromatic rings. The Balaban J connectivity index is 2.07. The highest BCUT2D eigenvalue weighted by Crippen LogP contribution is 2.24. The fourth-order valence-corrected chi connectivity index (χ4v) is 2.79. The Morgan fingerprint density at radius 2 is 2.05 bits per heavy atom. The van der Waals surface area contributed by atoms with Crippen molar-refractivity contribution in [2.45, 2.75) is 13.8 Å². The van der Waals surface area contributed by atoms with Gasteiger partial charge in [-0.2, -0.15) is 4.98 Å². The van der Waals surface area contributed by atoms with Crippen LogP contribution < -0.4 is 10.9 Å². The Labute approximate surface area is 120 Å². The minimum Gasteiger partial charge on any atom is -0.331 e. The molecule has 0 aliphatic heterocycles. The molecule has 1 aromatic carbocycles. The van der Waals surface area contributed by atoms with Crippen LogP contribution in [0.3, 0.4) is 0 Å². The normalized spacial score (nSPS) is 10.7. The van der Waals surface area contributed by atoms with E-state index < -0.39 is 0 Å². The highest BCUT2D eigenvalue weighted by molar-refractivity contribution is 7.21. The first-order chi connectivity index (χ1) is 9.63. The van der Waals surface area contributed by atoms with E-state index in [9.17, 15) is 4.79 Å². The van der Waals surface area contributed by atoms with Gasteiger partial charge in [0.15, 0.2) is 5.13 Å². The molecule has 1 N–H and O–H groups in total. The molecule has 0 fully saturated rings. The van der Waals surface area contributed by atoms with Gasteiger partial charge in [0.05, 0.1) is 5.39 Å². The second kappa shape index (κ2) is 5.02. The molecule has 0 amide bonds. The Morgan fingerprint density at radius 1 is 1.20 bits per heavy atom. The van der Waals surface area contributed by atoms with Crippen molar-refractivity contribution < 1.29 is 0 Å². The van der Waals surface area contributed by atoms with Crippen LogP contribution in [0, 0.1) is 13.8 Å². The predicted molar refractivity (Wildman–Crippen MR) is 82.9 cm³/mol. The smallest absolute Gasteiger partial charge is 0.282 e. The summed E-state index contributed by atoms with van der Waals surface area (Å²) in [5, 5.41) is 4.34. The number of hydrogen-bond donors (Lipinski definition) is 1. The Kier molecular flexibility index (Phi) is 3.20. The third-order valence-electron chi connectivity index (χ3n) is 3.03. The third kappa shape index (κ3) is 2.40. The van der Waals surface area contributed by atoms with Crippen LogP contribution in [-0.2, 0) is 0 Å². The fourth-order valence-electron chi connectivity index (χ4n) is 1.94. The van der Waals surface area contributed by atoms with Gasteiger partial charge in [0.1, 0.15) is 4.83 Å². The lowest BCUT2D eigenvalue weighted by Gasteiger charge is -2.09. The molecular formula is C15H13N3OS. The fraction of sp³-hybridized carbons (Fsp3) is 0.133. The van der Waals surface area contributed by atoms with Gasteiger partial charge < -0.3 is 5.32 Å². The van der Waals surface area contributed by atoms with E-state index in [2.05, 4.69) is 21.4 Å². The van der Waals surface area contributed by atoms with Crippen molar-refractivity contribution in [1.82, 2.24) is 9.97 Å². The summed E-state index contributed by atoms with van der Waals surface area (Å²) in [5.74, 6) is 0. The zero-order valence-electron chi connectivity index (χ0n) is 11.2. The average molecular weight is 283 g/mol. The van der Waals surface area contributed by atoms with Crippen molar-refractivity contribution in [2.75, 3.05) is 5.32 Å². The maximum atomic E-state index is 12.0. The number of aromatic nitrogens is 2. The maximum absolute atomic E-state index is 12.0. The second-order valence-electron chi connectivity index (χ2n) is 4.62. The van der Waals surface area contributed by atoms with Crippen molar-refractivity contribution in [3.05, 3.63) is 58.0 Å². The Morgan fingerprint density at radius 3 is 2.90 bits per heavy atom. The lowest BCUT2D eigenvalue weighted by Crippen LogP contribution is -2.08. The number of aryl methyl sites for hydroxylation is 2. The van der Waals surface area contributed by atoms with Gasteiger partial charge >= 0.3 is 0 Å². The summed E-state index contributed by atoms with van der Waals surface area (Å²) in [7, 11) is 0. The molecule has 0 radical (unpaired) electrons. The molecular weight excluding hydrogens is 270 g/mol. The highest BCUT2D eigenvalue weighted by Gasteiger charge is 2.06. The SMILES string of the molecule is Cc1ccc(C)c(Nc2nc(=O)c3cccnc3s2)c1. The summed E-state index contributed by atoms with van der Waals surface area (Å²) >= 11 is 1.38. The van der Waals surface area contributed by atoms with E-state index in [-0.39, 0.29) is 5.56 Å². The molecule has 0 spiro atoms. The number of benzene rings is 1. The summed E-state index contributed by atoms with van der Waals surface area (Å²) in [6.07, 6.45) is 1.68. The van der Waals surface area contributed by atoms with E-state index in [1.165, 1.54) is 11.3 Å². The van der Waals surface area contributed by atoms with Crippen molar-refractivity contribution in [3.63, 3.8) is 0 Å². The molecule has 0 bridgehead atoms. The van der Waals surface area contributed by atoms with Crippen LogP contribution in [0.2, 0.25) is 0 Å². The Hall–Kier alpha value is -2.27. The molecule has 0 aliphatic carbocycles. The standard InChI is InChI=1S/C15H13N3OS/c1-9-5-6-10(2)12(8-9)17-15-18-13(19)11-4-3-7-16-14(11)20-15/h3-8H,1-2H3,(H,17,18,19). The molecule has 0 saturated carbocycles. The molecule has 0 saturated heterocycles. The van der Waals surface area contributed by atoms with Crippen LogP contribution in [-0.4, -0.2) is 9.97 Å². The van der Waals surface area contributed by atoms with Crippen molar-refractivity contribution in [3.8, 4) is 0 Å². The molecule has 100 valence electrons. The van der Waals surface area contributed by atoms with E-state index in [4.69, 9.17) is 0 Å². The first kappa shape index (κ1) is 12.7. The summed E-state index contributed by atoms with van der Waals surface area (Å²) < 4.78 is 0. The number of fused-ring (bicyclic) bond motifs is 1. The van der Waals surface area contributed by atoms with Crippen molar-refractivity contribution in [1.29, 1.82) is 0 Å². The topological polar surface area (TPSA) is 54.9 Å². The van der Waals surface area contributed by atoms with Crippen LogP contribution in [0.5, 0.6) is 0 Å². The van der Waals surface area contributed by atoms with Gasteiger partial charge in [-0.05, 0) is 43.2 Å². The molecule has 2 aromatic heterocycles. The van der Waals surface area contributed by atoms with Gasteiger partial charge in [0, 0.05) is 11.9 Å². The van der Waals surface area contributed by atoms with E-state index in [0.717, 1.165) is 16.8 Å². The summed E-state index contributed by atoms with van der Waals surface area (Å²) in [6.45, 7) is 4.05. The summed E-state index contributed by atoms with van der Waals surface area (Å²) in [4.78, 5) is 21.0. The highest BCUT2D eigenvalue weighted by atomic mass is 32.1. The van der Waals surface area contributed by atoms with Gasteiger partial charge in [0.25, 0.3) is 5.56 Å². The lowest BCUT2D eigenvalue weighted by molar-refractivity contribution is 1.28. The second-order valence-corrected chi connectivity index (χ2v) is 5.60. The minimum absolute atomic E-state index is 0.250. The summed E-state index contributed by atoms with van der Waals surface area (Å²) in [6, 6.07) is 9.63. The number of pyridine rings is 1. The molecule has 0 unspecified atom stereocenters. The first-order valence-corrected chi connectivity index (χ1v) is 7.05. The van der Waals surface area contributed by atoms with Crippen LogP contribution in [0.4, 0.5) is 10.8 Å². The van der Waals surface area contributed by atoms with Gasteiger partial charge in [-0.3, -0.25) is 4.79 Å². The summed E-state index contributed by atoms with van der Waals surface area (Å²) in [5.41, 5.74) is 2.98. The molecule has 5 heteroatoms. The van der Waals surface area contributed by atoms with Crippen LogP contribution >= 0.6 is 11.3 Å². The van der Waals surface area contributed by atoms with Crippen LogP contribution in [0.1, 0.15) is 11.1 Å². The van der Waals surface area contributed by atoms with Gasteiger partial charge in [-0.1, -0.05) is 23.5 Å². The number of hydrogen-bond acceptors (Lipinski definition) is 5. The zero-order chi connectivity index (χ0) is 14.1. The third-order valence-corrected chi connectivity index (χ3v) is 3.94. The van der Waals surface area contributed by atoms with Gasteiger partial charge in [-0.25, -0.2) is 4.98 Å². The number of rotatable bonds is 2. The van der Waals surface area contributed by atoms with E-state index in [0.29, 0.717) is 15.3 Å². The van der Waals surface area contributed by atoms with Crippen molar-refractivity contribution >= 4 is 32.4 Å². The van der Waals surface area contributed by atoms with E-state index >= 15 is 0 Å². The molecule has 0 aliphatic rings. The van der Waals surface area contributed by atoms with E-state index in [1.807, 2.05) is 26.0 Å². The van der Waals surface area contributed by atoms with Crippen LogP contribution in [0.15, 0.2) is 41.3 Å². The maximum Gasteiger partial charge on any atom is 0.282 e. The molecule has 4 nitrogen and oxygen atoms in total. The van der Waals surface area contributed by atoms with Crippen molar-refractivity contribution in [2.24, 2.45) is 0 Å². The number of nitrogens with one attached hydrogen (secondary N) is 1. The lowest BCUT2D eigenvalue weighted by atomic mass is 10.1. The average Bonchev–Trinajstić information content (AvgIpc) is 2.43. The predicted octanol–water partition coefficient (Wildman–Crippen LogP) is 3.41. The van der Waals surface area contributed by atoms with Crippen LogP contribution in [0.25, 0.3) is 10.2 Å². The number of nitrogens with zero attached hydrogens (tertiary/aromatic N) is 2. The largest absolute Gasteiger partial charge is 0.331 e. The Bertz CT molecular complexity index is 842. The minimum atomic E-state index is -0.250. The molecule has 0 atom stereocenters. The molecule has 3 rings (SSSR count). The monoisotopic (exact) mass is 283 g/mol. The quantitative estimate of drug-likeness (QED) is 0.783.